The molecule has 0 fully saturated rings. The van der Waals surface area contributed by atoms with Crippen LogP contribution in [-0.2, 0) is 6.42 Å². The van der Waals surface area contributed by atoms with Gasteiger partial charge in [-0.05, 0) is 24.8 Å². The summed E-state index contributed by atoms with van der Waals surface area (Å²) in [6, 6.07) is 10.7. The number of unbranched alkanes of at least 4 members (excludes halogenated alkanes) is 8. The number of rotatable bonds is 11. The van der Waals surface area contributed by atoms with E-state index in [0.29, 0.717) is 0 Å². The Hall–Kier alpha value is -1.04. The van der Waals surface area contributed by atoms with Crippen LogP contribution in [0.3, 0.4) is 0 Å². The average molecular weight is 258 g/mol. The van der Waals surface area contributed by atoms with Gasteiger partial charge in [-0.25, -0.2) is 0 Å². The van der Waals surface area contributed by atoms with Crippen molar-refractivity contribution in [2.24, 2.45) is 0 Å². The minimum Gasteiger partial charge on any atom is -0.0882 e. The van der Waals surface area contributed by atoms with Gasteiger partial charge in [0, 0.05) is 0 Å². The number of benzene rings is 1. The van der Waals surface area contributed by atoms with Gasteiger partial charge in [0.15, 0.2) is 0 Å². The van der Waals surface area contributed by atoms with E-state index in [9.17, 15) is 0 Å². The summed E-state index contributed by atoms with van der Waals surface area (Å²) in [5.74, 6) is 0. The molecule has 0 aromatic heterocycles. The van der Waals surface area contributed by atoms with E-state index in [1.165, 1.54) is 63.4 Å². The smallest absolute Gasteiger partial charge is 0.00975 e. The summed E-state index contributed by atoms with van der Waals surface area (Å²) in [5.41, 5.74) is 1.41. The van der Waals surface area contributed by atoms with Gasteiger partial charge in [0.2, 0.25) is 0 Å². The van der Waals surface area contributed by atoms with Gasteiger partial charge in [0.1, 0.15) is 0 Å². The molecule has 1 aromatic rings. The van der Waals surface area contributed by atoms with Crippen LogP contribution in [0, 0.1) is 0 Å². The fourth-order valence-corrected chi connectivity index (χ4v) is 2.35. The van der Waals surface area contributed by atoms with Crippen molar-refractivity contribution in [1.29, 1.82) is 0 Å². The molecule has 0 nitrogen and oxygen atoms in total. The molecule has 0 saturated carbocycles. The predicted molar refractivity (Wildman–Crippen MR) is 86.5 cm³/mol. The van der Waals surface area contributed by atoms with Crippen molar-refractivity contribution in [3.8, 4) is 0 Å². The zero-order valence-corrected chi connectivity index (χ0v) is 12.6. The molecule has 0 spiro atoms. The summed E-state index contributed by atoms with van der Waals surface area (Å²) in [6.07, 6.45) is 18.3. The highest BCUT2D eigenvalue weighted by molar-refractivity contribution is 5.17. The maximum atomic E-state index is 2.35. The van der Waals surface area contributed by atoms with Gasteiger partial charge >= 0.3 is 0 Å². The molecule has 0 bridgehead atoms. The first-order valence-electron chi connectivity index (χ1n) is 8.12. The molecule has 1 rings (SSSR count). The van der Waals surface area contributed by atoms with E-state index in [1.54, 1.807) is 0 Å². The molecular formula is C19H30. The Balaban J connectivity index is 1.88. The topological polar surface area (TPSA) is 0 Å². The lowest BCUT2D eigenvalue weighted by atomic mass is 10.1. The lowest BCUT2D eigenvalue weighted by Gasteiger charge is -2.00. The van der Waals surface area contributed by atoms with E-state index in [-0.39, 0.29) is 0 Å². The summed E-state index contributed by atoms with van der Waals surface area (Å²) >= 11 is 0. The van der Waals surface area contributed by atoms with E-state index in [2.05, 4.69) is 49.4 Å². The second-order valence-electron chi connectivity index (χ2n) is 5.42. The predicted octanol–water partition coefficient (Wildman–Crippen LogP) is 6.32. The normalized spacial score (nSPS) is 11.2. The molecule has 0 saturated heterocycles. The first kappa shape index (κ1) is 16.0. The van der Waals surface area contributed by atoms with Crippen LogP contribution in [0.5, 0.6) is 0 Å². The Morgan fingerprint density at radius 1 is 0.737 bits per heavy atom. The van der Waals surface area contributed by atoms with Crippen LogP contribution in [0.4, 0.5) is 0 Å². The lowest BCUT2D eigenvalue weighted by Crippen LogP contribution is -1.81. The van der Waals surface area contributed by atoms with Crippen LogP contribution >= 0.6 is 0 Å². The third kappa shape index (κ3) is 9.53. The second kappa shape index (κ2) is 12.0. The van der Waals surface area contributed by atoms with Crippen molar-refractivity contribution in [3.05, 3.63) is 48.0 Å². The fourth-order valence-electron chi connectivity index (χ4n) is 2.35. The molecule has 0 aliphatic carbocycles. The average Bonchev–Trinajstić information content (AvgIpc) is 2.46. The highest BCUT2D eigenvalue weighted by atomic mass is 14.0. The minimum absolute atomic E-state index is 1.08. The van der Waals surface area contributed by atoms with Gasteiger partial charge < -0.3 is 0 Å². The first-order valence-corrected chi connectivity index (χ1v) is 8.12. The van der Waals surface area contributed by atoms with Gasteiger partial charge in [-0.15, -0.1) is 0 Å². The van der Waals surface area contributed by atoms with Gasteiger partial charge in [-0.1, -0.05) is 94.4 Å². The third-order valence-electron chi connectivity index (χ3n) is 3.59. The maximum absolute atomic E-state index is 2.35. The zero-order chi connectivity index (χ0) is 13.6. The molecule has 0 unspecified atom stereocenters. The number of hydrogen-bond donors (Lipinski definition) is 0. The van der Waals surface area contributed by atoms with Crippen LogP contribution in [-0.4, -0.2) is 0 Å². The van der Waals surface area contributed by atoms with Crippen molar-refractivity contribution in [2.45, 2.75) is 71.1 Å². The second-order valence-corrected chi connectivity index (χ2v) is 5.42. The highest BCUT2D eigenvalue weighted by Crippen LogP contribution is 2.10. The van der Waals surface area contributed by atoms with Crippen LogP contribution in [0.15, 0.2) is 42.5 Å². The Morgan fingerprint density at radius 3 is 2.05 bits per heavy atom. The quantitative estimate of drug-likeness (QED) is 0.322. The molecule has 0 aliphatic rings. The van der Waals surface area contributed by atoms with Crippen molar-refractivity contribution in [3.63, 3.8) is 0 Å². The van der Waals surface area contributed by atoms with Crippen molar-refractivity contribution >= 4 is 0 Å². The molecule has 0 atom stereocenters. The van der Waals surface area contributed by atoms with E-state index in [4.69, 9.17) is 0 Å². The monoisotopic (exact) mass is 258 g/mol. The molecule has 1 aromatic carbocycles. The van der Waals surface area contributed by atoms with Gasteiger partial charge in [-0.2, -0.15) is 0 Å². The van der Waals surface area contributed by atoms with Crippen molar-refractivity contribution < 1.29 is 0 Å². The summed E-state index contributed by atoms with van der Waals surface area (Å²) in [6.45, 7) is 2.28. The Kier molecular flexibility index (Phi) is 10.1. The minimum atomic E-state index is 1.08. The van der Waals surface area contributed by atoms with Crippen LogP contribution < -0.4 is 0 Å². The van der Waals surface area contributed by atoms with E-state index in [1.807, 2.05) is 0 Å². The SMILES string of the molecule is CCCCCCCCCC/C=C/Cc1ccccc1. The molecule has 106 valence electrons. The molecule has 0 amide bonds. The van der Waals surface area contributed by atoms with E-state index >= 15 is 0 Å². The molecule has 0 N–H and O–H groups in total. The largest absolute Gasteiger partial charge is 0.0882 e. The number of allylic oxidation sites excluding steroid dienone is 2. The van der Waals surface area contributed by atoms with Crippen LogP contribution in [0.2, 0.25) is 0 Å². The van der Waals surface area contributed by atoms with E-state index < -0.39 is 0 Å². The lowest BCUT2D eigenvalue weighted by molar-refractivity contribution is 0.577. The Labute approximate surface area is 119 Å². The van der Waals surface area contributed by atoms with Gasteiger partial charge in [0.25, 0.3) is 0 Å². The summed E-state index contributed by atoms with van der Waals surface area (Å²) in [7, 11) is 0. The standard InChI is InChI=1S/C19H30/c1-2-3-4-5-6-7-8-9-10-11-13-16-19-17-14-12-15-18-19/h11-15,17-18H,2-10,16H2,1H3/b13-11+. The van der Waals surface area contributed by atoms with E-state index in [0.717, 1.165) is 6.42 Å². The molecular weight excluding hydrogens is 228 g/mol. The van der Waals surface area contributed by atoms with Crippen LogP contribution in [0.25, 0.3) is 0 Å². The Bertz CT molecular complexity index is 310. The summed E-state index contributed by atoms with van der Waals surface area (Å²) < 4.78 is 0. The Morgan fingerprint density at radius 2 is 1.37 bits per heavy atom. The highest BCUT2D eigenvalue weighted by Gasteiger charge is 1.90. The fraction of sp³-hybridized carbons (Fsp3) is 0.579. The maximum Gasteiger partial charge on any atom is -0.00975 e. The molecule has 0 aliphatic heterocycles. The summed E-state index contributed by atoms with van der Waals surface area (Å²) in [5, 5.41) is 0. The molecule has 0 heteroatoms. The number of hydrogen-bond acceptors (Lipinski definition) is 0. The van der Waals surface area contributed by atoms with Crippen molar-refractivity contribution in [1.82, 2.24) is 0 Å². The molecule has 19 heavy (non-hydrogen) atoms. The third-order valence-corrected chi connectivity index (χ3v) is 3.59. The van der Waals surface area contributed by atoms with Gasteiger partial charge in [-0.3, -0.25) is 0 Å². The van der Waals surface area contributed by atoms with Gasteiger partial charge in [0.05, 0.1) is 0 Å². The van der Waals surface area contributed by atoms with Crippen molar-refractivity contribution in [2.75, 3.05) is 0 Å². The summed E-state index contributed by atoms with van der Waals surface area (Å²) in [4.78, 5) is 0. The first-order chi connectivity index (χ1) is 9.43. The zero-order valence-electron chi connectivity index (χ0n) is 12.6. The molecule has 0 radical (unpaired) electrons. The molecule has 0 heterocycles. The van der Waals surface area contributed by atoms with Crippen LogP contribution in [0.1, 0.15) is 70.3 Å².